The molecule has 0 unspecified atom stereocenters. The van der Waals surface area contributed by atoms with Crippen molar-refractivity contribution in [1.29, 1.82) is 5.26 Å². The molecular formula is C28H17F3N4O. The Morgan fingerprint density at radius 3 is 2.33 bits per heavy atom. The number of alkyl halides is 3. The van der Waals surface area contributed by atoms with Gasteiger partial charge in [0.2, 0.25) is 0 Å². The minimum Gasteiger partial charge on any atom is -0.355 e. The van der Waals surface area contributed by atoms with Crippen molar-refractivity contribution >= 4 is 22.3 Å². The number of halogens is 3. The van der Waals surface area contributed by atoms with Crippen molar-refractivity contribution in [3.8, 4) is 28.5 Å². The molecular weight excluding hydrogens is 465 g/mol. The fraction of sp³-hybridized carbons (Fsp3) is 0.0357. The number of nitrogens with one attached hydrogen (secondary N) is 2. The van der Waals surface area contributed by atoms with Gasteiger partial charge in [-0.15, -0.1) is 0 Å². The number of fused-ring (bicyclic) bond motifs is 1. The summed E-state index contributed by atoms with van der Waals surface area (Å²) in [6.07, 6.45) is -2.99. The number of hydrogen-bond donors (Lipinski definition) is 2. The predicted molar refractivity (Wildman–Crippen MR) is 133 cm³/mol. The lowest BCUT2D eigenvalue weighted by atomic mass is 9.99. The molecule has 176 valence electrons. The van der Waals surface area contributed by atoms with Gasteiger partial charge in [0.25, 0.3) is 5.56 Å². The molecule has 5 aromatic rings. The SMILES string of the molecule is N#Cc1c(-c2ccccc2)cc(-c2ccc(Nc3ccnc4cc(C(F)(F)F)ccc34)cc2)[nH]c1=O. The van der Waals surface area contributed by atoms with Crippen LogP contribution in [0, 0.1) is 11.3 Å². The third kappa shape index (κ3) is 4.42. The highest BCUT2D eigenvalue weighted by molar-refractivity contribution is 5.93. The maximum absolute atomic E-state index is 13.0. The van der Waals surface area contributed by atoms with Crippen molar-refractivity contribution in [2.45, 2.75) is 6.18 Å². The molecule has 0 radical (unpaired) electrons. The van der Waals surface area contributed by atoms with Gasteiger partial charge in [0.15, 0.2) is 0 Å². The standard InChI is InChI=1S/C28H17F3N4O/c29-28(30,31)19-8-11-21-24(12-13-33-26(21)14-19)34-20-9-6-18(7-10-20)25-15-22(17-4-2-1-3-5-17)23(16-32)27(36)35-25/h1-15H,(H,33,34)(H,35,36). The predicted octanol–water partition coefficient (Wildman–Crippen LogP) is 6.89. The van der Waals surface area contributed by atoms with Crippen LogP contribution in [0.25, 0.3) is 33.3 Å². The highest BCUT2D eigenvalue weighted by atomic mass is 19.4. The number of rotatable bonds is 4. The average Bonchev–Trinajstić information content (AvgIpc) is 2.88. The molecule has 8 heteroatoms. The summed E-state index contributed by atoms with van der Waals surface area (Å²) in [5, 5.41) is 13.3. The Kier molecular flexibility index (Phi) is 5.74. The average molecular weight is 482 g/mol. The summed E-state index contributed by atoms with van der Waals surface area (Å²) in [4.78, 5) is 19.4. The Morgan fingerprint density at radius 1 is 0.889 bits per heavy atom. The maximum Gasteiger partial charge on any atom is 0.416 e. The molecule has 0 spiro atoms. The second kappa shape index (κ2) is 9.04. The van der Waals surface area contributed by atoms with E-state index >= 15 is 0 Å². The molecule has 5 rings (SSSR count). The number of benzene rings is 3. The van der Waals surface area contributed by atoms with Gasteiger partial charge in [-0.25, -0.2) is 0 Å². The Bertz CT molecular complexity index is 1670. The van der Waals surface area contributed by atoms with Crippen molar-refractivity contribution < 1.29 is 13.2 Å². The van der Waals surface area contributed by atoms with Crippen molar-refractivity contribution in [3.63, 3.8) is 0 Å². The number of nitriles is 1. The van der Waals surface area contributed by atoms with Gasteiger partial charge in [0.05, 0.1) is 11.1 Å². The topological polar surface area (TPSA) is 81.6 Å². The number of H-pyrrole nitrogens is 1. The van der Waals surface area contributed by atoms with E-state index < -0.39 is 17.3 Å². The lowest BCUT2D eigenvalue weighted by Gasteiger charge is -2.12. The highest BCUT2D eigenvalue weighted by Crippen LogP contribution is 2.34. The largest absolute Gasteiger partial charge is 0.416 e. The van der Waals surface area contributed by atoms with E-state index in [1.807, 2.05) is 36.4 Å². The maximum atomic E-state index is 13.0. The summed E-state index contributed by atoms with van der Waals surface area (Å²) in [7, 11) is 0. The fourth-order valence-electron chi connectivity index (χ4n) is 3.99. The van der Waals surface area contributed by atoms with E-state index in [0.29, 0.717) is 28.0 Å². The molecule has 0 saturated carbocycles. The minimum absolute atomic E-state index is 0.0430. The summed E-state index contributed by atoms with van der Waals surface area (Å²) in [6, 6.07) is 25.3. The lowest BCUT2D eigenvalue weighted by Crippen LogP contribution is -2.12. The van der Waals surface area contributed by atoms with E-state index in [2.05, 4.69) is 15.3 Å². The molecule has 0 aliphatic rings. The quantitative estimate of drug-likeness (QED) is 0.292. The Morgan fingerprint density at radius 2 is 1.64 bits per heavy atom. The van der Waals surface area contributed by atoms with Gasteiger partial charge in [0, 0.05) is 34.2 Å². The van der Waals surface area contributed by atoms with Crippen LogP contribution in [0.5, 0.6) is 0 Å². The summed E-state index contributed by atoms with van der Waals surface area (Å²) >= 11 is 0. The van der Waals surface area contributed by atoms with Crippen molar-refractivity contribution in [3.05, 3.63) is 113 Å². The van der Waals surface area contributed by atoms with E-state index in [-0.39, 0.29) is 11.1 Å². The van der Waals surface area contributed by atoms with Crippen molar-refractivity contribution in [2.75, 3.05) is 5.32 Å². The zero-order valence-electron chi connectivity index (χ0n) is 18.6. The molecule has 0 aliphatic carbocycles. The Labute approximate surface area is 203 Å². The molecule has 0 fully saturated rings. The lowest BCUT2D eigenvalue weighted by molar-refractivity contribution is -0.137. The molecule has 0 bridgehead atoms. The van der Waals surface area contributed by atoms with Crippen LogP contribution < -0.4 is 10.9 Å². The van der Waals surface area contributed by atoms with Gasteiger partial charge in [-0.05, 0) is 47.5 Å². The molecule has 2 N–H and O–H groups in total. The first-order valence-electron chi connectivity index (χ1n) is 10.9. The molecule has 0 saturated heterocycles. The Balaban J connectivity index is 1.47. The smallest absolute Gasteiger partial charge is 0.355 e. The zero-order chi connectivity index (χ0) is 25.3. The zero-order valence-corrected chi connectivity index (χ0v) is 18.6. The van der Waals surface area contributed by atoms with Gasteiger partial charge in [-0.2, -0.15) is 18.4 Å². The normalized spacial score (nSPS) is 11.3. The summed E-state index contributed by atoms with van der Waals surface area (Å²) in [5.74, 6) is 0. The van der Waals surface area contributed by atoms with Crippen LogP contribution in [0.1, 0.15) is 11.1 Å². The third-order valence-corrected chi connectivity index (χ3v) is 5.77. The van der Waals surface area contributed by atoms with E-state index in [9.17, 15) is 23.2 Å². The highest BCUT2D eigenvalue weighted by Gasteiger charge is 2.30. The van der Waals surface area contributed by atoms with Crippen LogP contribution in [0.2, 0.25) is 0 Å². The number of aromatic amines is 1. The minimum atomic E-state index is -4.44. The van der Waals surface area contributed by atoms with Gasteiger partial charge in [-0.3, -0.25) is 9.78 Å². The van der Waals surface area contributed by atoms with Crippen LogP contribution in [0.3, 0.4) is 0 Å². The Hall–Kier alpha value is -4.90. The number of nitrogens with zero attached hydrogens (tertiary/aromatic N) is 2. The second-order valence-electron chi connectivity index (χ2n) is 8.07. The van der Waals surface area contributed by atoms with Crippen LogP contribution in [-0.2, 0) is 6.18 Å². The number of anilines is 2. The van der Waals surface area contributed by atoms with Crippen LogP contribution in [0.15, 0.2) is 95.9 Å². The molecule has 2 aromatic heterocycles. The van der Waals surface area contributed by atoms with Gasteiger partial charge in [-0.1, -0.05) is 48.5 Å². The molecule has 0 amide bonds. The monoisotopic (exact) mass is 482 g/mol. The summed E-state index contributed by atoms with van der Waals surface area (Å²) < 4.78 is 39.1. The second-order valence-corrected chi connectivity index (χ2v) is 8.07. The van der Waals surface area contributed by atoms with Gasteiger partial charge >= 0.3 is 6.18 Å². The third-order valence-electron chi connectivity index (χ3n) is 5.77. The van der Waals surface area contributed by atoms with Crippen molar-refractivity contribution in [2.24, 2.45) is 0 Å². The van der Waals surface area contributed by atoms with E-state index in [1.54, 1.807) is 36.4 Å². The molecule has 3 aromatic carbocycles. The van der Waals surface area contributed by atoms with Crippen LogP contribution >= 0.6 is 0 Å². The first-order chi connectivity index (χ1) is 17.3. The first kappa shape index (κ1) is 22.9. The summed E-state index contributed by atoms with van der Waals surface area (Å²) in [6.45, 7) is 0. The number of pyridine rings is 2. The first-order valence-corrected chi connectivity index (χ1v) is 10.9. The number of hydrogen-bond acceptors (Lipinski definition) is 4. The van der Waals surface area contributed by atoms with E-state index in [1.165, 1.54) is 12.3 Å². The van der Waals surface area contributed by atoms with E-state index in [0.717, 1.165) is 23.3 Å². The van der Waals surface area contributed by atoms with Gasteiger partial charge in [0.1, 0.15) is 11.6 Å². The van der Waals surface area contributed by atoms with Crippen LogP contribution in [-0.4, -0.2) is 9.97 Å². The molecule has 5 nitrogen and oxygen atoms in total. The molecule has 36 heavy (non-hydrogen) atoms. The number of aromatic nitrogens is 2. The van der Waals surface area contributed by atoms with Gasteiger partial charge < -0.3 is 10.3 Å². The molecule has 0 atom stereocenters. The molecule has 0 aliphatic heterocycles. The van der Waals surface area contributed by atoms with Crippen molar-refractivity contribution in [1.82, 2.24) is 9.97 Å². The molecule has 2 heterocycles. The summed E-state index contributed by atoms with van der Waals surface area (Å²) in [5.41, 5.74) is 2.94. The van der Waals surface area contributed by atoms with Crippen LogP contribution in [0.4, 0.5) is 24.5 Å². The van der Waals surface area contributed by atoms with E-state index in [4.69, 9.17) is 0 Å². The fourth-order valence-corrected chi connectivity index (χ4v) is 3.99.